The second-order valence-corrected chi connectivity index (χ2v) is 12.2. The van der Waals surface area contributed by atoms with Crippen LogP contribution in [0.3, 0.4) is 0 Å². The molecule has 2 aliphatic rings. The Labute approximate surface area is 379 Å². The van der Waals surface area contributed by atoms with Gasteiger partial charge in [0.05, 0.1) is 58.0 Å². The van der Waals surface area contributed by atoms with E-state index >= 15 is 0 Å². The lowest BCUT2D eigenvalue weighted by Crippen LogP contribution is -2.19. The number of nitrogens with zero attached hydrogens (tertiary/aromatic N) is 2. The topological polar surface area (TPSA) is 38.4 Å². The molecule has 9 aromatic rings. The maximum absolute atomic E-state index is 10.1. The van der Waals surface area contributed by atoms with Crippen molar-refractivity contribution in [2.24, 2.45) is 10.9 Å². The largest absolute Gasteiger partial charge is 0.455 e. The Morgan fingerprint density at radius 1 is 0.439 bits per heavy atom. The number of allylic oxidation sites excluding steroid dienone is 1. The molecule has 3 heterocycles. The van der Waals surface area contributed by atoms with Crippen LogP contribution in [0.15, 0.2) is 209 Å². The van der Waals surface area contributed by atoms with Crippen LogP contribution in [0.25, 0.3) is 83.6 Å². The van der Waals surface area contributed by atoms with E-state index < -0.39 is 312 Å². The van der Waals surface area contributed by atoms with Gasteiger partial charge < -0.3 is 4.42 Å². The predicted molar refractivity (Wildman–Crippen MR) is 236 cm³/mol. The van der Waals surface area contributed by atoms with Crippen molar-refractivity contribution in [1.29, 1.82) is 0 Å². The molecule has 0 saturated heterocycles. The lowest BCUT2D eigenvalue weighted by Gasteiger charge is -2.27. The second-order valence-electron chi connectivity index (χ2n) is 12.2. The molecule has 57 heavy (non-hydrogen) atoms. The lowest BCUT2D eigenvalue weighted by atomic mass is 9.84. The number of hydrogen-bond donors (Lipinski definition) is 0. The standard InChI is InChI=1S/C54H36N2O/c1-4-15-35(16-5-1)49-50(36-17-6-2-7-18-36)54(57-53(49)39-19-8-3-9-20-39)47-32-30-45(41-23-11-13-25-43(41)47)44-29-31-46(42-24-12-10-22-40(42)44)48-33-28-38-27-26-37-21-14-34-55-51(37)52(38)56-48/h1-34,38,52H/i1D,2D,3D,4D,5D,6D,7D,8D,9D,10D,11D,12D,13D,14D,15D,16D,17D,18D,19D,20D,21D,22D,23D,24D,25D,26D,27D,28D,29D,30D,31D,32D,33D,34D. The van der Waals surface area contributed by atoms with Crippen LogP contribution in [-0.4, -0.2) is 10.7 Å². The molecule has 2 atom stereocenters. The van der Waals surface area contributed by atoms with Crippen molar-refractivity contribution in [3.05, 3.63) is 216 Å². The van der Waals surface area contributed by atoms with Crippen molar-refractivity contribution in [3.63, 3.8) is 0 Å². The third kappa shape index (κ3) is 5.58. The van der Waals surface area contributed by atoms with E-state index in [0.717, 1.165) is 0 Å². The lowest BCUT2D eigenvalue weighted by molar-refractivity contribution is 0.591. The monoisotopic (exact) mass is 762 g/mol. The molecule has 268 valence electrons. The molecule has 0 fully saturated rings. The van der Waals surface area contributed by atoms with E-state index in [4.69, 9.17) is 31.8 Å². The van der Waals surface area contributed by atoms with E-state index in [-0.39, 0.29) is 5.69 Å². The summed E-state index contributed by atoms with van der Waals surface area (Å²) in [6.07, 6.45) is -0.788. The first-order valence-corrected chi connectivity index (χ1v) is 16.8. The molecular formula is C54H36N2O. The Balaban J connectivity index is 1.37. The Morgan fingerprint density at radius 2 is 0.930 bits per heavy atom. The Hall–Kier alpha value is -7.36. The minimum absolute atomic E-state index is 0.387. The molecule has 0 bridgehead atoms. The fourth-order valence-corrected chi connectivity index (χ4v) is 6.66. The number of hydrogen-bond acceptors (Lipinski definition) is 3. The molecular weight excluding hydrogens is 693 g/mol. The summed E-state index contributed by atoms with van der Waals surface area (Å²) in [5, 5.41) is -3.56. The van der Waals surface area contributed by atoms with Crippen molar-refractivity contribution in [3.8, 4) is 56.0 Å². The van der Waals surface area contributed by atoms with E-state index in [9.17, 15) is 19.2 Å². The fourth-order valence-electron chi connectivity index (χ4n) is 6.66. The summed E-state index contributed by atoms with van der Waals surface area (Å²) < 4.78 is 315. The minimum atomic E-state index is -1.69. The molecule has 2 unspecified atom stereocenters. The average molecular weight is 763 g/mol. The zero-order chi connectivity index (χ0) is 67.3. The van der Waals surface area contributed by atoms with Crippen LogP contribution in [0.2, 0.25) is 0 Å². The average Bonchev–Trinajstić information content (AvgIpc) is 1.65. The van der Waals surface area contributed by atoms with E-state index in [1.165, 1.54) is 0 Å². The van der Waals surface area contributed by atoms with E-state index in [0.29, 0.717) is 0 Å². The highest BCUT2D eigenvalue weighted by Gasteiger charge is 2.30. The highest BCUT2D eigenvalue weighted by molar-refractivity contribution is 6.20. The van der Waals surface area contributed by atoms with Gasteiger partial charge in [0.25, 0.3) is 0 Å². The molecule has 0 saturated carbocycles. The quantitative estimate of drug-likeness (QED) is 0.169. The zero-order valence-corrected chi connectivity index (χ0v) is 28.5. The van der Waals surface area contributed by atoms with Crippen molar-refractivity contribution in [2.75, 3.05) is 0 Å². The summed E-state index contributed by atoms with van der Waals surface area (Å²) in [5.41, 5.74) is -10.3. The number of dihydropyridines is 1. The van der Waals surface area contributed by atoms with Crippen LogP contribution in [-0.2, 0) is 0 Å². The van der Waals surface area contributed by atoms with Gasteiger partial charge >= 0.3 is 0 Å². The third-order valence-corrected chi connectivity index (χ3v) is 9.09. The van der Waals surface area contributed by atoms with Crippen molar-refractivity contribution in [2.45, 2.75) is 6.04 Å². The van der Waals surface area contributed by atoms with Gasteiger partial charge in [-0.05, 0) is 67.5 Å². The first-order chi connectivity index (χ1) is 42.4. The number of benzene rings is 7. The molecule has 3 nitrogen and oxygen atoms in total. The molecule has 0 N–H and O–H groups in total. The van der Waals surface area contributed by atoms with Gasteiger partial charge in [-0.2, -0.15) is 0 Å². The Kier molecular flexibility index (Phi) is 3.23. The number of fused-ring (bicyclic) bond motifs is 5. The van der Waals surface area contributed by atoms with Crippen LogP contribution >= 0.6 is 0 Å². The summed E-state index contributed by atoms with van der Waals surface area (Å²) in [6, 6.07) is -36.3. The number of aliphatic imine (C=N–C) groups is 1. The maximum atomic E-state index is 10.1. The summed E-state index contributed by atoms with van der Waals surface area (Å²) in [7, 11) is 0. The zero-order valence-electron chi connectivity index (χ0n) is 62.5. The number of furan rings is 1. The maximum Gasteiger partial charge on any atom is 0.143 e. The highest BCUT2D eigenvalue weighted by Crippen LogP contribution is 2.50. The van der Waals surface area contributed by atoms with E-state index in [1.54, 1.807) is 0 Å². The van der Waals surface area contributed by atoms with Crippen LogP contribution < -0.4 is 0 Å². The first-order valence-electron chi connectivity index (χ1n) is 33.8. The Bertz CT molecular complexity index is 4980. The SMILES string of the molecule is [2H]C1=C([2H])C2C([2H])=C([2H])c3c(nc([2H])c([2H])c3[2H])C2N=C1c1c([2H])c([2H])c(-c2c([2H])c([2H])c(-c3oc(-c4c([2H])c([2H])c([2H])c([2H])c4[2H])c(-c4c([2H])c([2H])c([2H])c([2H])c4[2H])c3-c3c([2H])c([2H])c([2H])c([2H])c3[2H])c3c([2H])c([2H])c([2H])c([2H])c23)c2c([2H])c([2H])c([2H])c([2H])c12. The fraction of sp³-hybridized carbons (Fsp3) is 0.0370. The van der Waals surface area contributed by atoms with Crippen LogP contribution in [0.4, 0.5) is 0 Å². The highest BCUT2D eigenvalue weighted by atomic mass is 16.3. The van der Waals surface area contributed by atoms with Gasteiger partial charge in [-0.3, -0.25) is 9.98 Å². The molecule has 1 aliphatic heterocycles. The predicted octanol–water partition coefficient (Wildman–Crippen LogP) is 14.1. The van der Waals surface area contributed by atoms with Crippen molar-refractivity contribution < 1.29 is 51.0 Å². The number of rotatable bonds is 6. The van der Waals surface area contributed by atoms with Gasteiger partial charge in [-0.1, -0.05) is 181 Å². The number of pyridine rings is 1. The molecule has 0 radical (unpaired) electrons. The molecule has 0 spiro atoms. The summed E-state index contributed by atoms with van der Waals surface area (Å²) in [4.78, 5) is 8.66. The molecule has 2 aromatic heterocycles. The molecule has 11 rings (SSSR count). The second kappa shape index (κ2) is 13.7. The smallest absolute Gasteiger partial charge is 0.143 e. The first kappa shape index (κ1) is 13.4. The van der Waals surface area contributed by atoms with Gasteiger partial charge in [0, 0.05) is 39.9 Å². The van der Waals surface area contributed by atoms with Crippen LogP contribution in [0.5, 0.6) is 0 Å². The number of aromatic nitrogens is 1. The van der Waals surface area contributed by atoms with Gasteiger partial charge in [0.2, 0.25) is 0 Å². The summed E-state index contributed by atoms with van der Waals surface area (Å²) in [5.74, 6) is -3.84. The summed E-state index contributed by atoms with van der Waals surface area (Å²) in [6.45, 7) is 0. The van der Waals surface area contributed by atoms with E-state index in [1.807, 2.05) is 0 Å². The molecule has 7 aromatic carbocycles. The van der Waals surface area contributed by atoms with Crippen LogP contribution in [0.1, 0.15) is 69.5 Å². The van der Waals surface area contributed by atoms with Gasteiger partial charge in [-0.15, -0.1) is 0 Å². The van der Waals surface area contributed by atoms with Crippen molar-refractivity contribution >= 4 is 33.3 Å². The molecule has 3 heteroatoms. The third-order valence-electron chi connectivity index (χ3n) is 9.09. The minimum Gasteiger partial charge on any atom is -0.455 e. The normalized spacial score (nSPS) is 24.7. The van der Waals surface area contributed by atoms with Gasteiger partial charge in [-0.25, -0.2) is 0 Å². The molecule has 0 amide bonds. The van der Waals surface area contributed by atoms with Crippen LogP contribution in [0, 0.1) is 5.92 Å². The van der Waals surface area contributed by atoms with Crippen molar-refractivity contribution in [1.82, 2.24) is 4.98 Å². The Morgan fingerprint density at radius 3 is 1.56 bits per heavy atom. The van der Waals surface area contributed by atoms with Gasteiger partial charge in [0.15, 0.2) is 0 Å². The van der Waals surface area contributed by atoms with Gasteiger partial charge in [0.1, 0.15) is 17.6 Å². The molecule has 1 aliphatic carbocycles. The summed E-state index contributed by atoms with van der Waals surface area (Å²) >= 11 is 0. The van der Waals surface area contributed by atoms with E-state index in [2.05, 4.69) is 9.98 Å².